The van der Waals surface area contributed by atoms with E-state index < -0.39 is 0 Å². The van der Waals surface area contributed by atoms with Crippen LogP contribution in [0, 0.1) is 0 Å². The maximum atomic E-state index is 13.0. The summed E-state index contributed by atoms with van der Waals surface area (Å²) in [5, 5.41) is 3.48. The Hall–Kier alpha value is -3.15. The first-order chi connectivity index (χ1) is 14.0. The zero-order valence-electron chi connectivity index (χ0n) is 17.1. The molecular formula is C23H27N3O3. The van der Waals surface area contributed by atoms with E-state index in [0.717, 1.165) is 12.0 Å². The van der Waals surface area contributed by atoms with Crippen molar-refractivity contribution in [3.05, 3.63) is 80.5 Å². The van der Waals surface area contributed by atoms with Gasteiger partial charge in [-0.3, -0.25) is 18.7 Å². The normalized spacial score (nSPS) is 12.1. The molecule has 0 aliphatic heterocycles. The van der Waals surface area contributed by atoms with Gasteiger partial charge in [0.1, 0.15) is 0 Å². The van der Waals surface area contributed by atoms with Gasteiger partial charge >= 0.3 is 5.69 Å². The predicted octanol–water partition coefficient (Wildman–Crippen LogP) is 3.15. The first-order valence-electron chi connectivity index (χ1n) is 10.1. The minimum absolute atomic E-state index is 0.106. The lowest BCUT2D eigenvalue weighted by Crippen LogP contribution is -2.40. The summed E-state index contributed by atoms with van der Waals surface area (Å²) in [5.41, 5.74) is 1.53. The average Bonchev–Trinajstić information content (AvgIpc) is 2.74. The van der Waals surface area contributed by atoms with Gasteiger partial charge in [-0.25, -0.2) is 4.79 Å². The van der Waals surface area contributed by atoms with Gasteiger partial charge in [0.25, 0.3) is 11.5 Å². The molecule has 29 heavy (non-hydrogen) atoms. The van der Waals surface area contributed by atoms with E-state index in [4.69, 9.17) is 0 Å². The highest BCUT2D eigenvalue weighted by molar-refractivity contribution is 5.94. The molecule has 0 aliphatic carbocycles. The second kappa shape index (κ2) is 8.90. The molecule has 1 N–H and O–H groups in total. The van der Waals surface area contributed by atoms with Crippen molar-refractivity contribution in [1.29, 1.82) is 0 Å². The Kier molecular flexibility index (Phi) is 6.32. The minimum Gasteiger partial charge on any atom is -0.350 e. The minimum atomic E-state index is -0.311. The molecular weight excluding hydrogens is 366 g/mol. The highest BCUT2D eigenvalue weighted by Crippen LogP contribution is 2.12. The molecule has 0 bridgehead atoms. The molecule has 0 spiro atoms. The summed E-state index contributed by atoms with van der Waals surface area (Å²) in [6, 6.07) is 14.5. The number of benzene rings is 2. The molecule has 1 aromatic heterocycles. The Balaban J connectivity index is 1.97. The molecule has 0 aliphatic rings. The second-order valence-electron chi connectivity index (χ2n) is 7.32. The summed E-state index contributed by atoms with van der Waals surface area (Å²) in [7, 11) is 0. The summed E-state index contributed by atoms with van der Waals surface area (Å²) < 4.78 is 2.93. The van der Waals surface area contributed by atoms with E-state index in [-0.39, 0.29) is 23.2 Å². The van der Waals surface area contributed by atoms with Crippen LogP contribution < -0.4 is 16.6 Å². The third-order valence-corrected chi connectivity index (χ3v) is 5.13. The number of hydrogen-bond donors (Lipinski definition) is 1. The SMILES string of the molecule is CCCn1c(=O)c2ccccc2n(Cc2ccc(C(=O)NC(C)CC)cc2)c1=O. The Bertz CT molecular complexity index is 1130. The maximum Gasteiger partial charge on any atom is 0.331 e. The van der Waals surface area contributed by atoms with Crippen LogP contribution in [0.15, 0.2) is 58.1 Å². The van der Waals surface area contributed by atoms with Crippen molar-refractivity contribution in [2.45, 2.75) is 52.7 Å². The monoisotopic (exact) mass is 393 g/mol. The van der Waals surface area contributed by atoms with Gasteiger partial charge in [0, 0.05) is 18.2 Å². The molecule has 3 rings (SSSR count). The highest BCUT2D eigenvalue weighted by atomic mass is 16.2. The lowest BCUT2D eigenvalue weighted by Gasteiger charge is -2.14. The smallest absolute Gasteiger partial charge is 0.331 e. The van der Waals surface area contributed by atoms with Gasteiger partial charge in [-0.15, -0.1) is 0 Å². The fraction of sp³-hybridized carbons (Fsp3) is 0.348. The van der Waals surface area contributed by atoms with Crippen LogP contribution in [0.2, 0.25) is 0 Å². The van der Waals surface area contributed by atoms with Crippen LogP contribution in [0.4, 0.5) is 0 Å². The van der Waals surface area contributed by atoms with Gasteiger partial charge in [0.05, 0.1) is 17.4 Å². The van der Waals surface area contributed by atoms with Crippen LogP contribution in [0.1, 0.15) is 49.5 Å². The van der Waals surface area contributed by atoms with Crippen molar-refractivity contribution in [3.63, 3.8) is 0 Å². The third kappa shape index (κ3) is 4.31. The molecule has 6 nitrogen and oxygen atoms in total. The number of nitrogens with one attached hydrogen (secondary N) is 1. The molecule has 2 aromatic carbocycles. The molecule has 6 heteroatoms. The fourth-order valence-corrected chi connectivity index (χ4v) is 3.30. The Morgan fingerprint density at radius 2 is 1.69 bits per heavy atom. The number of amides is 1. The first-order valence-corrected chi connectivity index (χ1v) is 10.1. The van der Waals surface area contributed by atoms with Crippen molar-refractivity contribution in [2.75, 3.05) is 0 Å². The third-order valence-electron chi connectivity index (χ3n) is 5.13. The van der Waals surface area contributed by atoms with Crippen molar-refractivity contribution >= 4 is 16.8 Å². The second-order valence-corrected chi connectivity index (χ2v) is 7.32. The summed E-state index contributed by atoms with van der Waals surface area (Å²) in [4.78, 5) is 37.9. The largest absolute Gasteiger partial charge is 0.350 e. The zero-order chi connectivity index (χ0) is 21.0. The maximum absolute atomic E-state index is 13.0. The van der Waals surface area contributed by atoms with Crippen molar-refractivity contribution in [3.8, 4) is 0 Å². The molecule has 0 fully saturated rings. The van der Waals surface area contributed by atoms with Crippen LogP contribution in [-0.2, 0) is 13.1 Å². The van der Waals surface area contributed by atoms with E-state index in [9.17, 15) is 14.4 Å². The molecule has 0 saturated carbocycles. The standard InChI is InChI=1S/C23H27N3O3/c1-4-14-25-22(28)19-8-6-7-9-20(19)26(23(25)29)15-17-10-12-18(13-11-17)21(27)24-16(3)5-2/h6-13,16H,4-5,14-15H2,1-3H3,(H,24,27). The van der Waals surface area contributed by atoms with Gasteiger partial charge in [0.15, 0.2) is 0 Å². The fourth-order valence-electron chi connectivity index (χ4n) is 3.30. The Morgan fingerprint density at radius 3 is 2.34 bits per heavy atom. The zero-order valence-corrected chi connectivity index (χ0v) is 17.1. The van der Waals surface area contributed by atoms with E-state index in [1.807, 2.05) is 39.0 Å². The molecule has 0 saturated heterocycles. The summed E-state index contributed by atoms with van der Waals surface area (Å²) in [5.74, 6) is -0.106. The molecule has 1 unspecified atom stereocenters. The van der Waals surface area contributed by atoms with Crippen molar-refractivity contribution in [2.24, 2.45) is 0 Å². The lowest BCUT2D eigenvalue weighted by atomic mass is 10.1. The molecule has 3 aromatic rings. The number of carbonyl (C=O) groups excluding carboxylic acids is 1. The molecule has 1 heterocycles. The number of nitrogens with zero attached hydrogens (tertiary/aromatic N) is 2. The number of para-hydroxylation sites is 1. The number of rotatable bonds is 7. The van der Waals surface area contributed by atoms with Crippen molar-refractivity contribution in [1.82, 2.24) is 14.5 Å². The molecule has 0 radical (unpaired) electrons. The lowest BCUT2D eigenvalue weighted by molar-refractivity contribution is 0.0939. The van der Waals surface area contributed by atoms with E-state index in [1.54, 1.807) is 34.9 Å². The summed E-state index contributed by atoms with van der Waals surface area (Å²) >= 11 is 0. The van der Waals surface area contributed by atoms with E-state index in [2.05, 4.69) is 5.32 Å². The number of fused-ring (bicyclic) bond motifs is 1. The van der Waals surface area contributed by atoms with Gasteiger partial charge in [-0.2, -0.15) is 0 Å². The van der Waals surface area contributed by atoms with Crippen LogP contribution in [0.3, 0.4) is 0 Å². The van der Waals surface area contributed by atoms with Gasteiger partial charge in [0.2, 0.25) is 0 Å². The number of aromatic nitrogens is 2. The van der Waals surface area contributed by atoms with Crippen LogP contribution >= 0.6 is 0 Å². The highest BCUT2D eigenvalue weighted by Gasteiger charge is 2.13. The quantitative estimate of drug-likeness (QED) is 0.670. The van der Waals surface area contributed by atoms with E-state index in [0.29, 0.717) is 36.0 Å². The molecule has 1 atom stereocenters. The van der Waals surface area contributed by atoms with Crippen LogP contribution in [-0.4, -0.2) is 21.1 Å². The first kappa shape index (κ1) is 20.6. The number of carbonyl (C=O) groups is 1. The van der Waals surface area contributed by atoms with E-state index >= 15 is 0 Å². The average molecular weight is 393 g/mol. The number of hydrogen-bond acceptors (Lipinski definition) is 3. The van der Waals surface area contributed by atoms with Gasteiger partial charge < -0.3 is 5.32 Å². The Labute approximate surface area is 169 Å². The van der Waals surface area contributed by atoms with E-state index in [1.165, 1.54) is 4.57 Å². The van der Waals surface area contributed by atoms with Crippen molar-refractivity contribution < 1.29 is 4.79 Å². The van der Waals surface area contributed by atoms with Crippen LogP contribution in [0.25, 0.3) is 10.9 Å². The summed E-state index contributed by atoms with van der Waals surface area (Å²) in [6.07, 6.45) is 1.57. The predicted molar refractivity (Wildman–Crippen MR) is 116 cm³/mol. The molecule has 152 valence electrons. The van der Waals surface area contributed by atoms with Gasteiger partial charge in [-0.05, 0) is 49.6 Å². The summed E-state index contributed by atoms with van der Waals surface area (Å²) in [6.45, 7) is 6.64. The topological polar surface area (TPSA) is 73.1 Å². The van der Waals surface area contributed by atoms with Gasteiger partial charge in [-0.1, -0.05) is 38.1 Å². The van der Waals surface area contributed by atoms with Crippen LogP contribution in [0.5, 0.6) is 0 Å². The molecule has 1 amide bonds. The Morgan fingerprint density at radius 1 is 1.00 bits per heavy atom.